The number of rotatable bonds is 6. The number of nitrogens with zero attached hydrogens (tertiary/aromatic N) is 3. The summed E-state index contributed by atoms with van der Waals surface area (Å²) >= 11 is 0. The normalized spacial score (nSPS) is 20.3. The van der Waals surface area contributed by atoms with Gasteiger partial charge >= 0.3 is 0 Å². The summed E-state index contributed by atoms with van der Waals surface area (Å²) in [5.41, 5.74) is 1.34. The fourth-order valence-electron chi connectivity index (χ4n) is 3.01. The molecule has 0 aliphatic carbocycles. The monoisotopic (exact) mass is 314 g/mol. The van der Waals surface area contributed by atoms with Gasteiger partial charge in [0.15, 0.2) is 0 Å². The van der Waals surface area contributed by atoms with Gasteiger partial charge in [0.05, 0.1) is 17.9 Å². The third-order valence-electron chi connectivity index (χ3n) is 4.12. The fourth-order valence-corrected chi connectivity index (χ4v) is 5.09. The number of likely N-dealkylation sites (N-methyl/N-ethyl adjacent to an activating group) is 1. The van der Waals surface area contributed by atoms with Crippen LogP contribution in [-0.4, -0.2) is 48.2 Å². The lowest BCUT2D eigenvalue weighted by atomic mass is 10.3. The molecule has 1 atom stereocenters. The first-order valence-corrected chi connectivity index (χ1v) is 9.10. The second-order valence-corrected chi connectivity index (χ2v) is 7.51. The van der Waals surface area contributed by atoms with E-state index in [4.69, 9.17) is 0 Å². The van der Waals surface area contributed by atoms with E-state index in [-0.39, 0.29) is 6.04 Å². The summed E-state index contributed by atoms with van der Waals surface area (Å²) in [4.78, 5) is 0.396. The molecule has 0 spiro atoms. The molecule has 1 unspecified atom stereocenters. The maximum Gasteiger partial charge on any atom is 0.246 e. The largest absolute Gasteiger partial charge is 0.315 e. The van der Waals surface area contributed by atoms with Crippen LogP contribution in [0.25, 0.3) is 0 Å². The average molecular weight is 314 g/mol. The van der Waals surface area contributed by atoms with Gasteiger partial charge in [0.25, 0.3) is 0 Å². The van der Waals surface area contributed by atoms with Crippen molar-refractivity contribution in [3.63, 3.8) is 0 Å². The van der Waals surface area contributed by atoms with E-state index in [2.05, 4.69) is 10.4 Å². The summed E-state index contributed by atoms with van der Waals surface area (Å²) in [7, 11) is -3.43. The van der Waals surface area contributed by atoms with Crippen LogP contribution in [-0.2, 0) is 16.6 Å². The molecule has 1 N–H and O–H groups in total. The summed E-state index contributed by atoms with van der Waals surface area (Å²) in [5, 5.41) is 7.65. The van der Waals surface area contributed by atoms with Crippen molar-refractivity contribution in [2.24, 2.45) is 0 Å². The zero-order valence-electron chi connectivity index (χ0n) is 13.4. The molecule has 2 heterocycles. The minimum atomic E-state index is -3.43. The summed E-state index contributed by atoms with van der Waals surface area (Å²) < 4.78 is 29.2. The van der Waals surface area contributed by atoms with Gasteiger partial charge in [-0.2, -0.15) is 9.40 Å². The van der Waals surface area contributed by atoms with Gasteiger partial charge < -0.3 is 5.32 Å². The van der Waals surface area contributed by atoms with Gasteiger partial charge in [0.1, 0.15) is 4.90 Å². The van der Waals surface area contributed by atoms with Crippen LogP contribution < -0.4 is 5.32 Å². The van der Waals surface area contributed by atoms with Crippen molar-refractivity contribution < 1.29 is 8.42 Å². The number of aryl methyl sites for hydroxylation is 1. The third kappa shape index (κ3) is 3.14. The van der Waals surface area contributed by atoms with Crippen molar-refractivity contribution in [1.82, 2.24) is 19.4 Å². The molecule has 6 nitrogen and oxygen atoms in total. The molecule has 1 aliphatic rings. The number of sulfonamides is 1. The molecule has 1 aliphatic heterocycles. The predicted molar refractivity (Wildman–Crippen MR) is 82.8 cm³/mol. The van der Waals surface area contributed by atoms with Crippen molar-refractivity contribution in [3.8, 4) is 0 Å². The first-order valence-electron chi connectivity index (χ1n) is 7.66. The Morgan fingerprint density at radius 3 is 2.67 bits per heavy atom. The number of nitrogens with one attached hydrogen (secondary N) is 1. The van der Waals surface area contributed by atoms with Crippen LogP contribution in [0.2, 0.25) is 0 Å². The molecule has 0 radical (unpaired) electrons. The van der Waals surface area contributed by atoms with Gasteiger partial charge in [0.2, 0.25) is 10.0 Å². The van der Waals surface area contributed by atoms with Gasteiger partial charge in [0, 0.05) is 19.1 Å². The van der Waals surface area contributed by atoms with Crippen LogP contribution in [0.4, 0.5) is 0 Å². The van der Waals surface area contributed by atoms with E-state index < -0.39 is 10.0 Å². The Morgan fingerprint density at radius 1 is 1.38 bits per heavy atom. The smallest absolute Gasteiger partial charge is 0.246 e. The Kier molecular flexibility index (Phi) is 5.06. The van der Waals surface area contributed by atoms with Gasteiger partial charge in [-0.05, 0) is 40.2 Å². The van der Waals surface area contributed by atoms with Crippen LogP contribution in [0.3, 0.4) is 0 Å². The van der Waals surface area contributed by atoms with Crippen molar-refractivity contribution in [1.29, 1.82) is 0 Å². The van der Waals surface area contributed by atoms with E-state index in [1.807, 2.05) is 20.8 Å². The maximum absolute atomic E-state index is 12.9. The summed E-state index contributed by atoms with van der Waals surface area (Å²) in [5.74, 6) is 0. The minimum Gasteiger partial charge on any atom is -0.315 e. The Bertz CT molecular complexity index is 594. The Balaban J connectivity index is 2.31. The first kappa shape index (κ1) is 16.5. The molecular weight excluding hydrogens is 288 g/mol. The van der Waals surface area contributed by atoms with Crippen molar-refractivity contribution in [3.05, 3.63) is 11.4 Å². The highest BCUT2D eigenvalue weighted by atomic mass is 32.2. The second kappa shape index (κ2) is 6.46. The van der Waals surface area contributed by atoms with Crippen molar-refractivity contribution in [2.75, 3.05) is 19.6 Å². The lowest BCUT2D eigenvalue weighted by Gasteiger charge is -2.21. The van der Waals surface area contributed by atoms with Crippen LogP contribution in [0.5, 0.6) is 0 Å². The fraction of sp³-hybridized carbons (Fsp3) is 0.786. The highest BCUT2D eigenvalue weighted by Gasteiger charge is 2.36. The summed E-state index contributed by atoms with van der Waals surface area (Å²) in [6.07, 6.45) is 1.87. The van der Waals surface area contributed by atoms with Crippen LogP contribution in [0.15, 0.2) is 4.90 Å². The highest BCUT2D eigenvalue weighted by molar-refractivity contribution is 7.89. The zero-order valence-corrected chi connectivity index (χ0v) is 14.2. The van der Waals surface area contributed by atoms with Crippen molar-refractivity contribution >= 4 is 10.0 Å². The molecule has 0 saturated carbocycles. The molecule has 0 bridgehead atoms. The van der Waals surface area contributed by atoms with E-state index in [9.17, 15) is 8.42 Å². The topological polar surface area (TPSA) is 67.2 Å². The van der Waals surface area contributed by atoms with E-state index in [1.165, 1.54) is 0 Å². The molecule has 21 heavy (non-hydrogen) atoms. The second-order valence-electron chi connectivity index (χ2n) is 5.68. The molecule has 0 aromatic carbocycles. The predicted octanol–water partition coefficient (Wildman–Crippen LogP) is 1.28. The Labute approximate surface area is 127 Å². The Morgan fingerprint density at radius 2 is 2.10 bits per heavy atom. The highest BCUT2D eigenvalue weighted by Crippen LogP contribution is 2.29. The minimum absolute atomic E-state index is 0.0823. The van der Waals surface area contributed by atoms with Gasteiger partial charge in [-0.15, -0.1) is 0 Å². The molecule has 120 valence electrons. The number of hydrogen-bond donors (Lipinski definition) is 1. The van der Waals surface area contributed by atoms with E-state index in [0.717, 1.165) is 31.6 Å². The summed E-state index contributed by atoms with van der Waals surface area (Å²) in [6, 6.07) is 0.0823. The molecule has 1 aromatic rings. The Hall–Kier alpha value is -0.920. The van der Waals surface area contributed by atoms with E-state index in [0.29, 0.717) is 23.7 Å². The number of aromatic nitrogens is 2. The zero-order chi connectivity index (χ0) is 15.6. The van der Waals surface area contributed by atoms with Gasteiger partial charge in [-0.3, -0.25) is 4.68 Å². The number of hydrogen-bond acceptors (Lipinski definition) is 4. The van der Waals surface area contributed by atoms with Crippen molar-refractivity contribution in [2.45, 2.75) is 58.0 Å². The SMILES string of the molecule is CCNCCn1nc(C)c(S(=O)(=O)N2CCCC2C)c1C. The van der Waals surface area contributed by atoms with E-state index >= 15 is 0 Å². The van der Waals surface area contributed by atoms with Gasteiger partial charge in [-0.1, -0.05) is 6.92 Å². The van der Waals surface area contributed by atoms with Crippen LogP contribution in [0.1, 0.15) is 38.1 Å². The van der Waals surface area contributed by atoms with Crippen LogP contribution >= 0.6 is 0 Å². The quantitative estimate of drug-likeness (QED) is 0.803. The standard InChI is InChI=1S/C14H26N4O2S/c1-5-15-8-10-17-13(4)14(12(3)16-17)21(19,20)18-9-6-7-11(18)2/h11,15H,5-10H2,1-4H3. The van der Waals surface area contributed by atoms with Crippen LogP contribution in [0, 0.1) is 13.8 Å². The maximum atomic E-state index is 12.9. The molecular formula is C14H26N4O2S. The molecule has 1 fully saturated rings. The molecule has 7 heteroatoms. The first-order chi connectivity index (χ1) is 9.89. The molecule has 1 saturated heterocycles. The molecule has 0 amide bonds. The molecule has 2 rings (SSSR count). The van der Waals surface area contributed by atoms with E-state index in [1.54, 1.807) is 15.9 Å². The third-order valence-corrected chi connectivity index (χ3v) is 6.39. The van der Waals surface area contributed by atoms with Gasteiger partial charge in [-0.25, -0.2) is 8.42 Å². The summed E-state index contributed by atoms with van der Waals surface area (Å²) in [6.45, 7) is 10.6. The lowest BCUT2D eigenvalue weighted by molar-refractivity contribution is 0.407. The lowest BCUT2D eigenvalue weighted by Crippen LogP contribution is -2.34. The average Bonchev–Trinajstić information content (AvgIpc) is 2.95. The molecule has 1 aromatic heterocycles.